The van der Waals surface area contributed by atoms with Gasteiger partial charge in [0.05, 0.1) is 0 Å². The number of pyridine rings is 1. The summed E-state index contributed by atoms with van der Waals surface area (Å²) in [5, 5.41) is 0. The van der Waals surface area contributed by atoms with Crippen molar-refractivity contribution < 1.29 is 0 Å². The summed E-state index contributed by atoms with van der Waals surface area (Å²) in [5.74, 6) is 0. The first-order valence-electron chi connectivity index (χ1n) is 5.06. The molecule has 0 saturated heterocycles. The van der Waals surface area contributed by atoms with Gasteiger partial charge in [-0.05, 0) is 30.0 Å². The van der Waals surface area contributed by atoms with Crippen LogP contribution in [0.1, 0.15) is 32.0 Å². The molecule has 1 heteroatoms. The summed E-state index contributed by atoms with van der Waals surface area (Å²) in [6.45, 7) is 8.70. The fraction of sp³-hybridized carbons (Fsp3) is 0.462. The van der Waals surface area contributed by atoms with Crippen LogP contribution in [0, 0.1) is 12.3 Å². The Balaban J connectivity index is 2.58. The highest BCUT2D eigenvalue weighted by atomic mass is 14.7. The van der Waals surface area contributed by atoms with Crippen molar-refractivity contribution >= 4 is 0 Å². The van der Waals surface area contributed by atoms with Gasteiger partial charge in [0, 0.05) is 18.3 Å². The average molecular weight is 189 g/mol. The first-order valence-corrected chi connectivity index (χ1v) is 5.06. The number of hydrogen-bond donors (Lipinski definition) is 0. The van der Waals surface area contributed by atoms with E-state index in [2.05, 4.69) is 50.9 Å². The highest BCUT2D eigenvalue weighted by Gasteiger charge is 2.02. The van der Waals surface area contributed by atoms with E-state index in [9.17, 15) is 0 Å². The summed E-state index contributed by atoms with van der Waals surface area (Å²) >= 11 is 0. The molecule has 1 heterocycles. The molecule has 0 radical (unpaired) electrons. The molecule has 1 rings (SSSR count). The molecule has 0 aliphatic rings. The number of allylic oxidation sites excluding steroid dienone is 2. The normalized spacial score (nSPS) is 12.3. The van der Waals surface area contributed by atoms with Gasteiger partial charge >= 0.3 is 0 Å². The lowest BCUT2D eigenvalue weighted by molar-refractivity contribution is 0.542. The molecule has 1 aromatic rings. The van der Waals surface area contributed by atoms with Gasteiger partial charge in [-0.1, -0.05) is 32.9 Å². The Kier molecular flexibility index (Phi) is 3.45. The average Bonchev–Trinajstić information content (AvgIpc) is 2.01. The fourth-order valence-corrected chi connectivity index (χ4v) is 1.24. The molecule has 0 amide bonds. The number of nitrogens with zero attached hydrogens (tertiary/aromatic N) is 1. The SMILES string of the molecule is Cc1ccnc(C/C=C/C(C)(C)C)c1. The first kappa shape index (κ1) is 11.0. The largest absolute Gasteiger partial charge is 0.261 e. The van der Waals surface area contributed by atoms with Gasteiger partial charge in [-0.15, -0.1) is 0 Å². The molecule has 0 unspecified atom stereocenters. The van der Waals surface area contributed by atoms with Crippen LogP contribution in [-0.2, 0) is 6.42 Å². The van der Waals surface area contributed by atoms with Crippen LogP contribution in [0.2, 0.25) is 0 Å². The van der Waals surface area contributed by atoms with Gasteiger partial charge in [-0.25, -0.2) is 0 Å². The van der Waals surface area contributed by atoms with E-state index in [4.69, 9.17) is 0 Å². The molecule has 0 N–H and O–H groups in total. The van der Waals surface area contributed by atoms with Crippen molar-refractivity contribution in [2.75, 3.05) is 0 Å². The van der Waals surface area contributed by atoms with Crippen molar-refractivity contribution in [1.82, 2.24) is 4.98 Å². The molecule has 14 heavy (non-hydrogen) atoms. The maximum atomic E-state index is 4.31. The monoisotopic (exact) mass is 189 g/mol. The molecule has 76 valence electrons. The van der Waals surface area contributed by atoms with E-state index in [-0.39, 0.29) is 5.41 Å². The minimum absolute atomic E-state index is 0.268. The van der Waals surface area contributed by atoms with Crippen molar-refractivity contribution in [3.8, 4) is 0 Å². The maximum absolute atomic E-state index is 4.31. The zero-order chi connectivity index (χ0) is 10.6. The van der Waals surface area contributed by atoms with Crippen LogP contribution < -0.4 is 0 Å². The van der Waals surface area contributed by atoms with E-state index in [0.29, 0.717) is 0 Å². The summed E-state index contributed by atoms with van der Waals surface area (Å²) in [6, 6.07) is 4.16. The lowest BCUT2D eigenvalue weighted by Gasteiger charge is -2.10. The summed E-state index contributed by atoms with van der Waals surface area (Å²) in [4.78, 5) is 4.31. The van der Waals surface area contributed by atoms with Crippen molar-refractivity contribution in [3.05, 3.63) is 41.7 Å². The van der Waals surface area contributed by atoms with Crippen LogP contribution in [0.25, 0.3) is 0 Å². The molecule has 0 aromatic carbocycles. The third kappa shape index (κ3) is 4.22. The molecule has 1 aromatic heterocycles. The second kappa shape index (κ2) is 4.41. The maximum Gasteiger partial charge on any atom is 0.0443 e. The topological polar surface area (TPSA) is 12.9 Å². The van der Waals surface area contributed by atoms with E-state index in [0.717, 1.165) is 12.1 Å². The Hall–Kier alpha value is -1.11. The van der Waals surface area contributed by atoms with Crippen molar-refractivity contribution in [1.29, 1.82) is 0 Å². The quantitative estimate of drug-likeness (QED) is 0.648. The molecular formula is C13H19N. The van der Waals surface area contributed by atoms with Gasteiger partial charge in [0.25, 0.3) is 0 Å². The molecule has 0 bridgehead atoms. The third-order valence-corrected chi connectivity index (χ3v) is 1.92. The fourth-order valence-electron chi connectivity index (χ4n) is 1.24. The van der Waals surface area contributed by atoms with Crippen LogP contribution in [0.4, 0.5) is 0 Å². The Labute approximate surface area is 86.9 Å². The van der Waals surface area contributed by atoms with Gasteiger partial charge < -0.3 is 0 Å². The molecule has 0 aliphatic heterocycles. The van der Waals surface area contributed by atoms with Gasteiger partial charge in [0.15, 0.2) is 0 Å². The molecule has 0 aliphatic carbocycles. The summed E-state index contributed by atoms with van der Waals surface area (Å²) in [6.07, 6.45) is 7.23. The first-order chi connectivity index (χ1) is 6.47. The summed E-state index contributed by atoms with van der Waals surface area (Å²) in [7, 11) is 0. The smallest absolute Gasteiger partial charge is 0.0443 e. The minimum Gasteiger partial charge on any atom is -0.261 e. The predicted molar refractivity (Wildman–Crippen MR) is 61.3 cm³/mol. The Morgan fingerprint density at radius 1 is 1.36 bits per heavy atom. The third-order valence-electron chi connectivity index (χ3n) is 1.92. The number of aromatic nitrogens is 1. The standard InChI is InChI=1S/C13H19N/c1-11-7-9-14-12(10-11)6-5-8-13(2,3)4/h5,7-10H,6H2,1-4H3/b8-5+. The highest BCUT2D eigenvalue weighted by molar-refractivity contribution is 5.16. The minimum atomic E-state index is 0.268. The Morgan fingerprint density at radius 2 is 2.07 bits per heavy atom. The van der Waals surface area contributed by atoms with Gasteiger partial charge in [-0.3, -0.25) is 4.98 Å². The van der Waals surface area contributed by atoms with Crippen LogP contribution in [0.5, 0.6) is 0 Å². The molecule has 0 saturated carbocycles. The summed E-state index contributed by atoms with van der Waals surface area (Å²) < 4.78 is 0. The zero-order valence-corrected chi connectivity index (χ0v) is 9.54. The van der Waals surface area contributed by atoms with E-state index in [1.165, 1.54) is 5.56 Å². The second-order valence-electron chi connectivity index (χ2n) is 4.80. The number of aryl methyl sites for hydroxylation is 1. The molecular weight excluding hydrogens is 170 g/mol. The van der Waals surface area contributed by atoms with Crippen molar-refractivity contribution in [2.45, 2.75) is 34.1 Å². The summed E-state index contributed by atoms with van der Waals surface area (Å²) in [5.41, 5.74) is 2.69. The Morgan fingerprint density at radius 3 is 2.64 bits per heavy atom. The highest BCUT2D eigenvalue weighted by Crippen LogP contribution is 2.14. The molecule has 0 atom stereocenters. The van der Waals surface area contributed by atoms with Gasteiger partial charge in [-0.2, -0.15) is 0 Å². The second-order valence-corrected chi connectivity index (χ2v) is 4.80. The van der Waals surface area contributed by atoms with Gasteiger partial charge in [0.1, 0.15) is 0 Å². The van der Waals surface area contributed by atoms with Gasteiger partial charge in [0.2, 0.25) is 0 Å². The molecule has 0 spiro atoms. The van der Waals surface area contributed by atoms with Crippen LogP contribution >= 0.6 is 0 Å². The Bertz CT molecular complexity index is 318. The lowest BCUT2D eigenvalue weighted by atomic mass is 9.96. The number of rotatable bonds is 2. The van der Waals surface area contributed by atoms with E-state index < -0.39 is 0 Å². The van der Waals surface area contributed by atoms with Crippen molar-refractivity contribution in [2.24, 2.45) is 5.41 Å². The van der Waals surface area contributed by atoms with E-state index in [1.54, 1.807) is 0 Å². The lowest BCUT2D eigenvalue weighted by Crippen LogP contribution is -1.99. The molecule has 0 fully saturated rings. The van der Waals surface area contributed by atoms with Crippen molar-refractivity contribution in [3.63, 3.8) is 0 Å². The van der Waals surface area contributed by atoms with E-state index >= 15 is 0 Å². The van der Waals surface area contributed by atoms with Crippen LogP contribution in [0.3, 0.4) is 0 Å². The molecule has 1 nitrogen and oxygen atoms in total. The predicted octanol–water partition coefficient (Wildman–Crippen LogP) is 3.53. The number of hydrogen-bond acceptors (Lipinski definition) is 1. The zero-order valence-electron chi connectivity index (χ0n) is 9.54. The van der Waals surface area contributed by atoms with E-state index in [1.807, 2.05) is 12.3 Å². The van der Waals surface area contributed by atoms with Crippen LogP contribution in [-0.4, -0.2) is 4.98 Å². The van der Waals surface area contributed by atoms with Crippen LogP contribution in [0.15, 0.2) is 30.5 Å².